The van der Waals surface area contributed by atoms with Crippen LogP contribution < -0.4 is 9.47 Å². The van der Waals surface area contributed by atoms with E-state index in [4.69, 9.17) is 9.47 Å². The van der Waals surface area contributed by atoms with Crippen LogP contribution >= 0.6 is 0 Å². The minimum Gasteiger partial charge on any atom is -0.496 e. The van der Waals surface area contributed by atoms with Gasteiger partial charge in [-0.15, -0.1) is 0 Å². The Kier molecular flexibility index (Phi) is 3.66. The van der Waals surface area contributed by atoms with E-state index in [0.29, 0.717) is 12.3 Å². The standard InChI is InChI=1S/C17H23NO3/c1-5-11-16(20-3)12-9-18(2)8-10-6-7-13(19)15(14(10)12)17(11)21-4/h10H,5-9H2,1-4H3. The maximum absolute atomic E-state index is 12.5. The first-order valence-electron chi connectivity index (χ1n) is 7.63. The molecule has 0 fully saturated rings. The number of likely N-dealkylation sites (N-methyl/N-ethyl adjacent to an activating group) is 1. The number of carbonyl (C=O) groups is 1. The maximum atomic E-state index is 12.5. The second kappa shape index (κ2) is 5.34. The summed E-state index contributed by atoms with van der Waals surface area (Å²) in [5, 5.41) is 0. The lowest BCUT2D eigenvalue weighted by Gasteiger charge is -2.38. The van der Waals surface area contributed by atoms with Gasteiger partial charge in [0.15, 0.2) is 5.78 Å². The average molecular weight is 289 g/mol. The third-order valence-corrected chi connectivity index (χ3v) is 4.77. The van der Waals surface area contributed by atoms with Crippen molar-refractivity contribution in [2.24, 2.45) is 0 Å². The molecule has 0 saturated carbocycles. The van der Waals surface area contributed by atoms with Crippen molar-refractivity contribution in [3.05, 3.63) is 22.3 Å². The molecule has 2 aliphatic rings. The number of rotatable bonds is 3. The zero-order valence-corrected chi connectivity index (χ0v) is 13.3. The number of Topliss-reactive ketones (excluding diaryl/α,β-unsaturated/α-hetero) is 1. The summed E-state index contributed by atoms with van der Waals surface area (Å²) >= 11 is 0. The van der Waals surface area contributed by atoms with E-state index in [-0.39, 0.29) is 5.78 Å². The molecule has 1 aromatic carbocycles. The number of ether oxygens (including phenoxy) is 2. The molecular formula is C17H23NO3. The summed E-state index contributed by atoms with van der Waals surface area (Å²) in [6.07, 6.45) is 2.35. The first kappa shape index (κ1) is 14.4. The fraction of sp³-hybridized carbons (Fsp3) is 0.588. The Bertz CT molecular complexity index is 594. The van der Waals surface area contributed by atoms with Gasteiger partial charge in [0.05, 0.1) is 19.8 Å². The molecule has 4 heteroatoms. The quantitative estimate of drug-likeness (QED) is 0.857. The van der Waals surface area contributed by atoms with Crippen LogP contribution in [-0.4, -0.2) is 38.5 Å². The molecule has 4 nitrogen and oxygen atoms in total. The third kappa shape index (κ3) is 2.04. The number of hydrogen-bond acceptors (Lipinski definition) is 4. The molecule has 0 spiro atoms. The van der Waals surface area contributed by atoms with Gasteiger partial charge in [-0.25, -0.2) is 0 Å². The maximum Gasteiger partial charge on any atom is 0.166 e. The van der Waals surface area contributed by atoms with Gasteiger partial charge in [-0.2, -0.15) is 0 Å². The van der Waals surface area contributed by atoms with Gasteiger partial charge in [-0.3, -0.25) is 4.79 Å². The molecule has 3 rings (SSSR count). The molecule has 0 amide bonds. The minimum absolute atomic E-state index is 0.223. The van der Waals surface area contributed by atoms with Gasteiger partial charge in [0.1, 0.15) is 11.5 Å². The van der Waals surface area contributed by atoms with E-state index in [1.165, 1.54) is 11.1 Å². The van der Waals surface area contributed by atoms with Crippen molar-refractivity contribution >= 4 is 5.78 Å². The van der Waals surface area contributed by atoms with Gasteiger partial charge >= 0.3 is 0 Å². The van der Waals surface area contributed by atoms with Gasteiger partial charge in [0, 0.05) is 30.6 Å². The Hall–Kier alpha value is -1.55. The lowest BCUT2D eigenvalue weighted by Crippen LogP contribution is -2.35. The fourth-order valence-corrected chi connectivity index (χ4v) is 3.98. The van der Waals surface area contributed by atoms with E-state index >= 15 is 0 Å². The van der Waals surface area contributed by atoms with E-state index in [1.807, 2.05) is 0 Å². The zero-order valence-electron chi connectivity index (χ0n) is 13.3. The van der Waals surface area contributed by atoms with Crippen LogP contribution in [0.4, 0.5) is 0 Å². The predicted octanol–water partition coefficient (Wildman–Crippen LogP) is 2.77. The molecule has 0 bridgehead atoms. The molecule has 1 unspecified atom stereocenters. The highest BCUT2D eigenvalue weighted by molar-refractivity contribution is 6.03. The average Bonchev–Trinajstić information content (AvgIpc) is 2.48. The highest BCUT2D eigenvalue weighted by atomic mass is 16.5. The number of benzene rings is 1. The van der Waals surface area contributed by atoms with Gasteiger partial charge in [-0.05, 0) is 31.4 Å². The van der Waals surface area contributed by atoms with E-state index < -0.39 is 0 Å². The van der Waals surface area contributed by atoms with Crippen molar-refractivity contribution in [1.29, 1.82) is 0 Å². The van der Waals surface area contributed by atoms with Gasteiger partial charge < -0.3 is 14.4 Å². The van der Waals surface area contributed by atoms with Crippen molar-refractivity contribution in [2.45, 2.75) is 38.6 Å². The van der Waals surface area contributed by atoms with Crippen molar-refractivity contribution < 1.29 is 14.3 Å². The molecule has 114 valence electrons. The molecule has 0 N–H and O–H groups in total. The van der Waals surface area contributed by atoms with Gasteiger partial charge in [-0.1, -0.05) is 6.92 Å². The first-order valence-corrected chi connectivity index (χ1v) is 7.63. The lowest BCUT2D eigenvalue weighted by molar-refractivity contribution is 0.0954. The number of hydrogen-bond donors (Lipinski definition) is 0. The Morgan fingerprint density at radius 3 is 2.57 bits per heavy atom. The van der Waals surface area contributed by atoms with E-state index in [2.05, 4.69) is 18.9 Å². The Morgan fingerprint density at radius 2 is 1.95 bits per heavy atom. The Morgan fingerprint density at radius 1 is 1.24 bits per heavy atom. The monoisotopic (exact) mass is 289 g/mol. The van der Waals surface area contributed by atoms with Crippen LogP contribution in [-0.2, 0) is 13.0 Å². The molecule has 1 atom stereocenters. The number of nitrogens with zero attached hydrogens (tertiary/aromatic N) is 1. The molecule has 1 aromatic rings. The minimum atomic E-state index is 0.223. The van der Waals surface area contributed by atoms with E-state index in [1.54, 1.807) is 14.2 Å². The number of methoxy groups -OCH3 is 2. The predicted molar refractivity (Wildman–Crippen MR) is 81.6 cm³/mol. The van der Waals surface area contributed by atoms with E-state index in [9.17, 15) is 4.79 Å². The highest BCUT2D eigenvalue weighted by Crippen LogP contribution is 2.48. The van der Waals surface area contributed by atoms with Crippen LogP contribution in [0.3, 0.4) is 0 Å². The molecule has 0 aromatic heterocycles. The molecule has 0 saturated heterocycles. The second-order valence-electron chi connectivity index (χ2n) is 6.02. The Labute approximate surface area is 126 Å². The summed E-state index contributed by atoms with van der Waals surface area (Å²) in [6.45, 7) is 3.92. The van der Waals surface area contributed by atoms with Gasteiger partial charge in [0.25, 0.3) is 0 Å². The smallest absolute Gasteiger partial charge is 0.166 e. The van der Waals surface area contributed by atoms with Crippen molar-refractivity contribution in [1.82, 2.24) is 4.90 Å². The molecular weight excluding hydrogens is 266 g/mol. The Balaban J connectivity index is 2.37. The summed E-state index contributed by atoms with van der Waals surface area (Å²) in [4.78, 5) is 14.8. The highest BCUT2D eigenvalue weighted by Gasteiger charge is 2.38. The molecule has 1 heterocycles. The lowest BCUT2D eigenvalue weighted by atomic mass is 9.75. The van der Waals surface area contributed by atoms with Crippen LogP contribution in [0.15, 0.2) is 0 Å². The summed E-state index contributed by atoms with van der Waals surface area (Å²) < 4.78 is 11.3. The summed E-state index contributed by atoms with van der Waals surface area (Å²) in [6, 6.07) is 0. The summed E-state index contributed by atoms with van der Waals surface area (Å²) in [5.74, 6) is 2.30. The molecule has 1 aliphatic heterocycles. The summed E-state index contributed by atoms with van der Waals surface area (Å²) in [5.41, 5.74) is 4.24. The summed E-state index contributed by atoms with van der Waals surface area (Å²) in [7, 11) is 5.50. The zero-order chi connectivity index (χ0) is 15.1. The molecule has 21 heavy (non-hydrogen) atoms. The first-order chi connectivity index (χ1) is 10.1. The third-order valence-electron chi connectivity index (χ3n) is 4.77. The SMILES string of the molecule is CCc1c(OC)c2c3c(c1OC)C(=O)CCC3CN(C)C2. The molecule has 0 radical (unpaired) electrons. The van der Waals surface area contributed by atoms with Crippen LogP contribution in [0, 0.1) is 0 Å². The van der Waals surface area contributed by atoms with Crippen molar-refractivity contribution in [2.75, 3.05) is 27.8 Å². The van der Waals surface area contributed by atoms with Crippen molar-refractivity contribution in [3.63, 3.8) is 0 Å². The largest absolute Gasteiger partial charge is 0.496 e. The van der Waals surface area contributed by atoms with Crippen LogP contribution in [0.2, 0.25) is 0 Å². The van der Waals surface area contributed by atoms with Crippen LogP contribution in [0.5, 0.6) is 11.5 Å². The van der Waals surface area contributed by atoms with Crippen LogP contribution in [0.1, 0.15) is 52.7 Å². The van der Waals surface area contributed by atoms with E-state index in [0.717, 1.165) is 48.6 Å². The molecule has 1 aliphatic carbocycles. The fourth-order valence-electron chi connectivity index (χ4n) is 3.98. The van der Waals surface area contributed by atoms with Crippen molar-refractivity contribution in [3.8, 4) is 11.5 Å². The second-order valence-corrected chi connectivity index (χ2v) is 6.02. The number of ketones is 1. The van der Waals surface area contributed by atoms with Crippen LogP contribution in [0.25, 0.3) is 0 Å². The topological polar surface area (TPSA) is 38.8 Å². The number of carbonyl (C=O) groups excluding carboxylic acids is 1. The van der Waals surface area contributed by atoms with Gasteiger partial charge in [0.2, 0.25) is 0 Å². The normalized spacial score (nSPS) is 21.1.